The number of aliphatic imine (C=N–C) groups is 1. The van der Waals surface area contributed by atoms with Crippen molar-refractivity contribution in [3.8, 4) is 5.75 Å². The number of carbonyl (C=O) groups is 1. The van der Waals surface area contributed by atoms with Crippen molar-refractivity contribution in [2.24, 2.45) is 4.99 Å². The number of aromatic nitrogens is 1. The first-order valence-electron chi connectivity index (χ1n) is 6.40. The highest BCUT2D eigenvalue weighted by molar-refractivity contribution is 5.99. The number of allylic oxidation sites excluding steroid dienone is 1. The Morgan fingerprint density at radius 1 is 1.45 bits per heavy atom. The van der Waals surface area contributed by atoms with E-state index < -0.39 is 0 Å². The van der Waals surface area contributed by atoms with Gasteiger partial charge < -0.3 is 4.74 Å². The van der Waals surface area contributed by atoms with Crippen LogP contribution in [0.3, 0.4) is 0 Å². The van der Waals surface area contributed by atoms with Gasteiger partial charge in [0.1, 0.15) is 17.0 Å². The Kier molecular flexibility index (Phi) is 4.25. The Hall–Kier alpha value is -2.49. The van der Waals surface area contributed by atoms with E-state index in [0.717, 1.165) is 10.9 Å². The van der Waals surface area contributed by atoms with E-state index in [1.54, 1.807) is 6.07 Å². The van der Waals surface area contributed by atoms with E-state index >= 15 is 0 Å². The molecule has 2 aromatic rings. The molecule has 1 aromatic carbocycles. The number of pyridine rings is 1. The van der Waals surface area contributed by atoms with Gasteiger partial charge in [0.25, 0.3) is 0 Å². The van der Waals surface area contributed by atoms with Gasteiger partial charge in [-0.15, -0.1) is 0 Å². The van der Waals surface area contributed by atoms with Crippen molar-refractivity contribution in [3.05, 3.63) is 35.5 Å². The topological polar surface area (TPSA) is 51.5 Å². The smallest absolute Gasteiger partial charge is 0.168 e. The van der Waals surface area contributed by atoms with E-state index in [9.17, 15) is 4.79 Å². The minimum absolute atomic E-state index is 0.323. The third kappa shape index (κ3) is 2.45. The summed E-state index contributed by atoms with van der Waals surface area (Å²) >= 11 is 0. The monoisotopic (exact) mass is 268 g/mol. The van der Waals surface area contributed by atoms with Gasteiger partial charge in [-0.2, -0.15) is 0 Å². The summed E-state index contributed by atoms with van der Waals surface area (Å²) in [6.45, 7) is 7.95. The quantitative estimate of drug-likeness (QED) is 0.612. The molecule has 1 heterocycles. The summed E-state index contributed by atoms with van der Waals surface area (Å²) in [6, 6.07) is 5.50. The second-order valence-corrected chi connectivity index (χ2v) is 4.15. The van der Waals surface area contributed by atoms with Crippen LogP contribution in [0.25, 0.3) is 17.0 Å². The zero-order valence-electron chi connectivity index (χ0n) is 11.6. The molecule has 0 atom stereocenters. The van der Waals surface area contributed by atoms with Gasteiger partial charge in [0.15, 0.2) is 6.29 Å². The summed E-state index contributed by atoms with van der Waals surface area (Å²) < 4.78 is 5.58. The number of aldehydes is 1. The van der Waals surface area contributed by atoms with Crippen molar-refractivity contribution < 1.29 is 9.53 Å². The molecule has 0 saturated heterocycles. The lowest BCUT2D eigenvalue weighted by atomic mass is 10.1. The molecule has 0 amide bonds. The van der Waals surface area contributed by atoms with Crippen LogP contribution in [-0.2, 0) is 0 Å². The highest BCUT2D eigenvalue weighted by atomic mass is 16.5. The Morgan fingerprint density at radius 2 is 2.25 bits per heavy atom. The molecule has 0 spiro atoms. The standard InChI is InChI=1S/C16H16N2O2/c1-4-6-11-7-8-13-14(20-5-2)9-12(10-19)18-16(13)15(11)17-3/h4,6-10H,3,5H2,1-2H3/b6-4-. The van der Waals surface area contributed by atoms with E-state index in [-0.39, 0.29) is 0 Å². The molecule has 0 aliphatic carbocycles. The maximum absolute atomic E-state index is 11.0. The number of nitrogens with zero attached hydrogens (tertiary/aromatic N) is 2. The molecular formula is C16H16N2O2. The Labute approximate surface area is 117 Å². The van der Waals surface area contributed by atoms with Gasteiger partial charge in [0.05, 0.1) is 12.3 Å². The molecule has 4 heteroatoms. The Bertz CT molecular complexity index is 690. The Morgan fingerprint density at radius 3 is 2.85 bits per heavy atom. The molecule has 0 aliphatic heterocycles. The third-order valence-electron chi connectivity index (χ3n) is 2.89. The first kappa shape index (κ1) is 13.9. The molecule has 0 saturated carbocycles. The van der Waals surface area contributed by atoms with Crippen LogP contribution in [0.4, 0.5) is 5.69 Å². The van der Waals surface area contributed by atoms with Crippen LogP contribution in [0, 0.1) is 0 Å². The lowest BCUT2D eigenvalue weighted by molar-refractivity contribution is 0.111. The van der Waals surface area contributed by atoms with Crippen molar-refractivity contribution >= 4 is 35.7 Å². The number of rotatable bonds is 5. The summed E-state index contributed by atoms with van der Waals surface area (Å²) in [5.74, 6) is 0.636. The fourth-order valence-electron chi connectivity index (χ4n) is 2.10. The average molecular weight is 268 g/mol. The van der Waals surface area contributed by atoms with E-state index in [4.69, 9.17) is 4.74 Å². The van der Waals surface area contributed by atoms with Crippen LogP contribution in [0.1, 0.15) is 29.9 Å². The molecule has 0 N–H and O–H groups in total. The molecule has 2 rings (SSSR count). The van der Waals surface area contributed by atoms with E-state index in [0.29, 0.717) is 35.5 Å². The van der Waals surface area contributed by atoms with Crippen LogP contribution >= 0.6 is 0 Å². The molecule has 4 nitrogen and oxygen atoms in total. The third-order valence-corrected chi connectivity index (χ3v) is 2.89. The summed E-state index contributed by atoms with van der Waals surface area (Å²) in [6.07, 6.45) is 4.55. The second-order valence-electron chi connectivity index (χ2n) is 4.15. The largest absolute Gasteiger partial charge is 0.493 e. The summed E-state index contributed by atoms with van der Waals surface area (Å²) in [5, 5.41) is 0.827. The molecule has 0 fully saturated rings. The van der Waals surface area contributed by atoms with Crippen molar-refractivity contribution in [3.63, 3.8) is 0 Å². The van der Waals surface area contributed by atoms with Crippen LogP contribution in [0.5, 0.6) is 5.75 Å². The van der Waals surface area contributed by atoms with Crippen molar-refractivity contribution in [2.45, 2.75) is 13.8 Å². The molecule has 0 unspecified atom stereocenters. The van der Waals surface area contributed by atoms with Crippen LogP contribution in [-0.4, -0.2) is 24.6 Å². The number of ether oxygens (including phenoxy) is 1. The van der Waals surface area contributed by atoms with E-state index in [1.165, 1.54) is 0 Å². The molecule has 102 valence electrons. The number of hydrogen-bond acceptors (Lipinski definition) is 4. The number of carbonyl (C=O) groups excluding carboxylic acids is 1. The normalized spacial score (nSPS) is 10.9. The van der Waals surface area contributed by atoms with Crippen LogP contribution < -0.4 is 4.74 Å². The molecule has 0 aliphatic rings. The minimum atomic E-state index is 0.323. The lowest BCUT2D eigenvalue weighted by Crippen LogP contribution is -1.97. The zero-order valence-corrected chi connectivity index (χ0v) is 11.6. The predicted molar refractivity (Wildman–Crippen MR) is 82.2 cm³/mol. The van der Waals surface area contributed by atoms with Gasteiger partial charge >= 0.3 is 0 Å². The maximum Gasteiger partial charge on any atom is 0.168 e. The molecular weight excluding hydrogens is 252 g/mol. The van der Waals surface area contributed by atoms with Gasteiger partial charge in [-0.3, -0.25) is 9.79 Å². The highest BCUT2D eigenvalue weighted by Crippen LogP contribution is 2.34. The molecule has 0 radical (unpaired) electrons. The van der Waals surface area contributed by atoms with Crippen LogP contribution in [0.15, 0.2) is 29.3 Å². The highest BCUT2D eigenvalue weighted by Gasteiger charge is 2.12. The van der Waals surface area contributed by atoms with Crippen molar-refractivity contribution in [1.82, 2.24) is 4.98 Å². The number of benzene rings is 1. The second kappa shape index (κ2) is 6.10. The summed E-state index contributed by atoms with van der Waals surface area (Å²) in [7, 11) is 0. The van der Waals surface area contributed by atoms with Gasteiger partial charge in [-0.25, -0.2) is 4.98 Å². The maximum atomic E-state index is 11.0. The van der Waals surface area contributed by atoms with Crippen LogP contribution in [0.2, 0.25) is 0 Å². The zero-order chi connectivity index (χ0) is 14.5. The van der Waals surface area contributed by atoms with Crippen molar-refractivity contribution in [1.29, 1.82) is 0 Å². The average Bonchev–Trinajstić information content (AvgIpc) is 2.47. The fraction of sp³-hybridized carbons (Fsp3) is 0.188. The lowest BCUT2D eigenvalue weighted by Gasteiger charge is -2.11. The Balaban J connectivity index is 2.84. The fourth-order valence-corrected chi connectivity index (χ4v) is 2.10. The van der Waals surface area contributed by atoms with E-state index in [1.807, 2.05) is 38.1 Å². The minimum Gasteiger partial charge on any atom is -0.493 e. The van der Waals surface area contributed by atoms with E-state index in [2.05, 4.69) is 16.7 Å². The van der Waals surface area contributed by atoms with Gasteiger partial charge in [-0.05, 0) is 26.6 Å². The molecule has 1 aromatic heterocycles. The van der Waals surface area contributed by atoms with Gasteiger partial charge in [0.2, 0.25) is 0 Å². The molecule has 0 bridgehead atoms. The van der Waals surface area contributed by atoms with Gasteiger partial charge in [-0.1, -0.05) is 18.2 Å². The first-order chi connectivity index (χ1) is 9.74. The predicted octanol–water partition coefficient (Wildman–Crippen LogP) is 3.81. The summed E-state index contributed by atoms with van der Waals surface area (Å²) in [4.78, 5) is 19.4. The SMILES string of the molecule is C=Nc1c(/C=C\C)ccc2c(OCC)cc(C=O)nc12. The van der Waals surface area contributed by atoms with Crippen molar-refractivity contribution in [2.75, 3.05) is 6.61 Å². The first-order valence-corrected chi connectivity index (χ1v) is 6.40. The summed E-state index contributed by atoms with van der Waals surface area (Å²) in [5.41, 5.74) is 2.52. The molecule has 20 heavy (non-hydrogen) atoms. The number of hydrogen-bond donors (Lipinski definition) is 0. The number of fused-ring (bicyclic) bond motifs is 1. The van der Waals surface area contributed by atoms with Gasteiger partial charge in [0, 0.05) is 17.0 Å².